The van der Waals surface area contributed by atoms with Crippen LogP contribution in [-0.2, 0) is 14.6 Å². The number of carbonyl (C=O) groups excluding carboxylic acids is 1. The fourth-order valence-corrected chi connectivity index (χ4v) is 1.68. The van der Waals surface area contributed by atoms with Gasteiger partial charge in [0, 0.05) is 19.3 Å². The first kappa shape index (κ1) is 14.4. The van der Waals surface area contributed by atoms with Gasteiger partial charge in [0.2, 0.25) is 5.91 Å². The van der Waals surface area contributed by atoms with E-state index in [1.807, 2.05) is 6.92 Å². The zero-order chi connectivity index (χ0) is 12.1. The maximum absolute atomic E-state index is 11.7. The Labute approximate surface area is 91.0 Å². The fourth-order valence-electron chi connectivity index (χ4n) is 1.16. The first-order valence-corrected chi connectivity index (χ1v) is 6.88. The highest BCUT2D eigenvalue weighted by atomic mass is 32.2. The molecule has 0 aromatic carbocycles. The van der Waals surface area contributed by atoms with Crippen LogP contribution < -0.4 is 0 Å². The molecule has 0 saturated carbocycles. The van der Waals surface area contributed by atoms with Gasteiger partial charge in [-0.3, -0.25) is 4.79 Å². The Morgan fingerprint density at radius 2 is 1.93 bits per heavy atom. The van der Waals surface area contributed by atoms with Crippen LogP contribution >= 0.6 is 0 Å². The van der Waals surface area contributed by atoms with Crippen molar-refractivity contribution < 1.29 is 18.3 Å². The summed E-state index contributed by atoms with van der Waals surface area (Å²) in [5, 5.41) is 7.72. The Hall–Kier alpha value is -0.620. The molecule has 0 aromatic heterocycles. The molecule has 15 heavy (non-hydrogen) atoms. The number of amides is 1. The monoisotopic (exact) mass is 237 g/mol. The van der Waals surface area contributed by atoms with Gasteiger partial charge in [0.15, 0.2) is 9.84 Å². The van der Waals surface area contributed by atoms with E-state index in [4.69, 9.17) is 5.11 Å². The lowest BCUT2D eigenvalue weighted by Crippen LogP contribution is -2.42. The van der Waals surface area contributed by atoms with Gasteiger partial charge in [-0.1, -0.05) is 6.92 Å². The topological polar surface area (TPSA) is 74.7 Å². The number of aliphatic hydroxyl groups is 1. The van der Waals surface area contributed by atoms with Crippen LogP contribution in [0.2, 0.25) is 0 Å². The molecule has 0 radical (unpaired) electrons. The van der Waals surface area contributed by atoms with Crippen LogP contribution in [0.3, 0.4) is 0 Å². The molecule has 0 aliphatic rings. The van der Waals surface area contributed by atoms with Gasteiger partial charge in [0.05, 0.1) is 6.61 Å². The van der Waals surface area contributed by atoms with Crippen molar-refractivity contribution >= 4 is 15.7 Å². The molecule has 90 valence electrons. The lowest BCUT2D eigenvalue weighted by molar-refractivity contribution is -0.131. The van der Waals surface area contributed by atoms with Crippen molar-refractivity contribution in [3.05, 3.63) is 0 Å². The van der Waals surface area contributed by atoms with Crippen LogP contribution in [0.1, 0.15) is 20.3 Å². The van der Waals surface area contributed by atoms with E-state index in [9.17, 15) is 13.2 Å². The first-order valence-electron chi connectivity index (χ1n) is 4.93. The van der Waals surface area contributed by atoms with Crippen molar-refractivity contribution in [2.24, 2.45) is 0 Å². The Kier molecular flexibility index (Phi) is 5.82. The van der Waals surface area contributed by atoms with Gasteiger partial charge < -0.3 is 10.0 Å². The third-order valence-corrected chi connectivity index (χ3v) is 3.65. The number of sulfone groups is 1. The number of hydrogen-bond acceptors (Lipinski definition) is 4. The van der Waals surface area contributed by atoms with E-state index in [2.05, 4.69) is 0 Å². The molecule has 1 atom stereocenters. The third kappa shape index (κ3) is 4.61. The van der Waals surface area contributed by atoms with Crippen molar-refractivity contribution in [3.8, 4) is 0 Å². The van der Waals surface area contributed by atoms with E-state index in [0.29, 0.717) is 6.54 Å². The number of rotatable bonds is 6. The van der Waals surface area contributed by atoms with Crippen LogP contribution in [0.15, 0.2) is 0 Å². The first-order chi connectivity index (χ1) is 6.84. The minimum Gasteiger partial charge on any atom is -0.395 e. The van der Waals surface area contributed by atoms with E-state index in [1.165, 1.54) is 11.8 Å². The van der Waals surface area contributed by atoms with Crippen molar-refractivity contribution in [3.63, 3.8) is 0 Å². The van der Waals surface area contributed by atoms with Crippen molar-refractivity contribution in [2.45, 2.75) is 25.5 Å². The predicted molar refractivity (Wildman–Crippen MR) is 58.3 cm³/mol. The van der Waals surface area contributed by atoms with Crippen LogP contribution in [0, 0.1) is 0 Å². The van der Waals surface area contributed by atoms with Crippen LogP contribution in [0.4, 0.5) is 0 Å². The second-order valence-electron chi connectivity index (χ2n) is 3.52. The summed E-state index contributed by atoms with van der Waals surface area (Å²) in [7, 11) is -3.36. The molecule has 0 saturated heterocycles. The highest BCUT2D eigenvalue weighted by molar-refractivity contribution is 7.92. The molecule has 0 bridgehead atoms. The van der Waals surface area contributed by atoms with E-state index in [0.717, 1.165) is 12.7 Å². The summed E-state index contributed by atoms with van der Waals surface area (Å²) in [5.41, 5.74) is 0. The number of nitrogens with zero attached hydrogens (tertiary/aromatic N) is 1. The SMILES string of the molecule is CCCN(CCO)C(=O)C(C)S(C)(=O)=O. The highest BCUT2D eigenvalue weighted by Crippen LogP contribution is 2.04. The molecule has 0 heterocycles. The second-order valence-corrected chi connectivity index (χ2v) is 5.89. The van der Waals surface area contributed by atoms with Crippen molar-refractivity contribution in [1.29, 1.82) is 0 Å². The molecule has 0 aliphatic carbocycles. The Bertz CT molecular complexity index is 293. The minimum atomic E-state index is -3.36. The standard InChI is InChI=1S/C9H19NO4S/c1-4-5-10(6-7-11)9(12)8(2)15(3,13)14/h8,11H,4-7H2,1-3H3. The average molecular weight is 237 g/mol. The molecule has 6 heteroatoms. The summed E-state index contributed by atoms with van der Waals surface area (Å²) >= 11 is 0. The Morgan fingerprint density at radius 1 is 1.40 bits per heavy atom. The maximum Gasteiger partial charge on any atom is 0.240 e. The molecule has 0 fully saturated rings. The van der Waals surface area contributed by atoms with Gasteiger partial charge in [0.1, 0.15) is 5.25 Å². The molecule has 0 rings (SSSR count). The number of aliphatic hydroxyl groups excluding tert-OH is 1. The van der Waals surface area contributed by atoms with Gasteiger partial charge >= 0.3 is 0 Å². The summed E-state index contributed by atoms with van der Waals surface area (Å²) in [6.45, 7) is 3.77. The van der Waals surface area contributed by atoms with Crippen LogP contribution in [0.5, 0.6) is 0 Å². The van der Waals surface area contributed by atoms with Gasteiger partial charge in [-0.2, -0.15) is 0 Å². The van der Waals surface area contributed by atoms with Gasteiger partial charge in [0.25, 0.3) is 0 Å². The molecule has 1 N–H and O–H groups in total. The minimum absolute atomic E-state index is 0.151. The molecule has 0 aliphatic heterocycles. The maximum atomic E-state index is 11.7. The summed E-state index contributed by atoms with van der Waals surface area (Å²) in [4.78, 5) is 13.1. The fraction of sp³-hybridized carbons (Fsp3) is 0.889. The Morgan fingerprint density at radius 3 is 2.27 bits per heavy atom. The molecule has 5 nitrogen and oxygen atoms in total. The van der Waals surface area contributed by atoms with E-state index < -0.39 is 21.0 Å². The zero-order valence-electron chi connectivity index (χ0n) is 9.43. The van der Waals surface area contributed by atoms with Gasteiger partial charge in [-0.05, 0) is 13.3 Å². The smallest absolute Gasteiger partial charge is 0.240 e. The Balaban J connectivity index is 4.63. The summed E-state index contributed by atoms with van der Waals surface area (Å²) in [6.07, 6.45) is 1.78. The number of carbonyl (C=O) groups is 1. The van der Waals surface area contributed by atoms with E-state index in [-0.39, 0.29) is 13.2 Å². The lowest BCUT2D eigenvalue weighted by atomic mass is 10.3. The lowest BCUT2D eigenvalue weighted by Gasteiger charge is -2.23. The zero-order valence-corrected chi connectivity index (χ0v) is 10.2. The molecule has 0 aromatic rings. The van der Waals surface area contributed by atoms with Gasteiger partial charge in [-0.15, -0.1) is 0 Å². The summed E-state index contributed by atoms with van der Waals surface area (Å²) in [5.74, 6) is -0.437. The van der Waals surface area contributed by atoms with Crippen molar-refractivity contribution in [1.82, 2.24) is 4.90 Å². The average Bonchev–Trinajstić information content (AvgIpc) is 2.14. The van der Waals surface area contributed by atoms with Crippen molar-refractivity contribution in [2.75, 3.05) is 26.0 Å². The third-order valence-electron chi connectivity index (χ3n) is 2.17. The van der Waals surface area contributed by atoms with Crippen LogP contribution in [-0.4, -0.2) is 55.5 Å². The number of hydrogen-bond donors (Lipinski definition) is 1. The predicted octanol–water partition coefficient (Wildman–Crippen LogP) is -0.350. The van der Waals surface area contributed by atoms with Gasteiger partial charge in [-0.25, -0.2) is 8.42 Å². The normalized spacial score (nSPS) is 13.6. The second kappa shape index (κ2) is 6.07. The van der Waals surface area contributed by atoms with Crippen LogP contribution in [0.25, 0.3) is 0 Å². The largest absolute Gasteiger partial charge is 0.395 e. The summed E-state index contributed by atoms with van der Waals surface area (Å²) < 4.78 is 22.4. The van der Waals surface area contributed by atoms with E-state index in [1.54, 1.807) is 0 Å². The highest BCUT2D eigenvalue weighted by Gasteiger charge is 2.27. The molecule has 1 amide bonds. The molecule has 1 unspecified atom stereocenters. The quantitative estimate of drug-likeness (QED) is 0.685. The molecular weight excluding hydrogens is 218 g/mol. The summed E-state index contributed by atoms with van der Waals surface area (Å²) in [6, 6.07) is 0. The molecular formula is C9H19NO4S. The molecule has 0 spiro atoms. The van der Waals surface area contributed by atoms with E-state index >= 15 is 0 Å².